The zero-order valence-corrected chi connectivity index (χ0v) is 35.7. The largest absolute Gasteiger partial charge is 0.320 e. The smallest absolute Gasteiger partial charge is 0.211 e. The number of nitriles is 1. The summed E-state index contributed by atoms with van der Waals surface area (Å²) in [5.41, 5.74) is 10.8. The molecule has 12 aromatic rings. The van der Waals surface area contributed by atoms with Gasteiger partial charge < -0.3 is 9.80 Å². The Bertz CT molecular complexity index is 3910. The first-order valence-electron chi connectivity index (χ1n) is 22.1. The number of hydrogen-bond acceptors (Lipinski definition) is 3. The van der Waals surface area contributed by atoms with Crippen molar-refractivity contribution in [2.75, 3.05) is 9.80 Å². The highest BCUT2D eigenvalue weighted by atomic mass is 15.2. The van der Waals surface area contributed by atoms with Gasteiger partial charge in [0.15, 0.2) is 0 Å². The highest BCUT2D eigenvalue weighted by Gasteiger charge is 2.25. The highest BCUT2D eigenvalue weighted by molar-refractivity contribution is 6.29. The summed E-state index contributed by atoms with van der Waals surface area (Å²) in [6.45, 7) is 8.54. The molecule has 0 aliphatic carbocycles. The Balaban J connectivity index is 1.04. The Morgan fingerprint density at radius 1 is 0.348 bits per heavy atom. The molecule has 0 aliphatic rings. The molecule has 0 radical (unpaired) electrons. The van der Waals surface area contributed by atoms with Crippen LogP contribution in [0.15, 0.2) is 231 Å². The number of benzene rings is 12. The van der Waals surface area contributed by atoms with E-state index in [2.05, 4.69) is 215 Å². The molecule has 306 valence electrons. The third-order valence-electron chi connectivity index (χ3n) is 13.0. The zero-order valence-electron chi connectivity index (χ0n) is 35.7. The molecule has 0 N–H and O–H groups in total. The average molecular weight is 839 g/mol. The van der Waals surface area contributed by atoms with Crippen LogP contribution in [0.4, 0.5) is 39.8 Å². The van der Waals surface area contributed by atoms with Crippen LogP contribution in [0.3, 0.4) is 0 Å². The van der Waals surface area contributed by atoms with Crippen LogP contribution >= 0.6 is 0 Å². The van der Waals surface area contributed by atoms with Crippen molar-refractivity contribution in [3.8, 4) is 28.3 Å². The summed E-state index contributed by atoms with van der Waals surface area (Å²) in [6.07, 6.45) is 0. The molecule has 0 fully saturated rings. The van der Waals surface area contributed by atoms with Crippen molar-refractivity contribution >= 4 is 93.7 Å². The Morgan fingerprint density at radius 3 is 1.45 bits per heavy atom. The second-order valence-corrected chi connectivity index (χ2v) is 16.7. The van der Waals surface area contributed by atoms with Gasteiger partial charge in [-0.2, -0.15) is 5.26 Å². The van der Waals surface area contributed by atoms with Crippen LogP contribution < -0.4 is 9.80 Å². The van der Waals surface area contributed by atoms with E-state index in [9.17, 15) is 5.26 Å². The number of anilines is 6. The molecule has 0 spiro atoms. The first-order chi connectivity index (χ1) is 32.6. The average Bonchev–Trinajstić information content (AvgIpc) is 3.39. The maximum Gasteiger partial charge on any atom is 0.211 e. The van der Waals surface area contributed by atoms with Gasteiger partial charge in [-0.25, -0.2) is 4.85 Å². The van der Waals surface area contributed by atoms with Gasteiger partial charge in [0, 0.05) is 22.1 Å². The van der Waals surface area contributed by atoms with Gasteiger partial charge in [-0.15, -0.1) is 0 Å². The van der Waals surface area contributed by atoms with E-state index < -0.39 is 0 Å². The molecule has 12 rings (SSSR count). The molecule has 0 aliphatic heterocycles. The van der Waals surface area contributed by atoms with Crippen LogP contribution in [0.2, 0.25) is 0 Å². The highest BCUT2D eigenvalue weighted by Crippen LogP contribution is 2.50. The van der Waals surface area contributed by atoms with Crippen LogP contribution in [-0.2, 0) is 0 Å². The summed E-state index contributed by atoms with van der Waals surface area (Å²) in [5.74, 6) is 0. The monoisotopic (exact) mass is 838 g/mol. The molecule has 0 amide bonds. The molecule has 0 saturated heterocycles. The molecule has 0 heterocycles. The molecule has 66 heavy (non-hydrogen) atoms. The zero-order chi connectivity index (χ0) is 44.1. The van der Waals surface area contributed by atoms with E-state index >= 15 is 0 Å². The molecular weight excluding hydrogens is 801 g/mol. The van der Waals surface area contributed by atoms with Crippen LogP contribution in [0.5, 0.6) is 0 Å². The van der Waals surface area contributed by atoms with Crippen LogP contribution in [0, 0.1) is 17.9 Å². The number of nitrogens with zero attached hydrogens (tertiary/aromatic N) is 4. The fourth-order valence-corrected chi connectivity index (χ4v) is 9.86. The standard InChI is InChI=1S/C62H38N4/c1-64-56-38-49(47-26-24-42-14-9-11-16-45(42)36-47)29-34-59(56)66(53-20-6-3-7-21-53)60-39-50-30-33-58(55-31-27-43-17-12-22-54(60)61(43)62(50)55)65(52-18-4-2-5-19-52)57-32-28-48(37-51(57)40-63)46-25-23-41-13-8-10-15-44(41)35-46/h2-39H. The molecule has 0 atom stereocenters. The Labute approximate surface area is 382 Å². The van der Waals surface area contributed by atoms with Crippen molar-refractivity contribution < 1.29 is 0 Å². The van der Waals surface area contributed by atoms with E-state index in [4.69, 9.17) is 6.57 Å². The fourth-order valence-electron chi connectivity index (χ4n) is 9.86. The van der Waals surface area contributed by atoms with Crippen molar-refractivity contribution in [1.82, 2.24) is 0 Å². The maximum absolute atomic E-state index is 10.9. The van der Waals surface area contributed by atoms with Crippen molar-refractivity contribution in [3.63, 3.8) is 0 Å². The lowest BCUT2D eigenvalue weighted by molar-refractivity contribution is 1.28. The summed E-state index contributed by atoms with van der Waals surface area (Å²) in [7, 11) is 0. The van der Waals surface area contributed by atoms with Crippen LogP contribution in [0.1, 0.15) is 5.56 Å². The van der Waals surface area contributed by atoms with Crippen molar-refractivity contribution in [2.45, 2.75) is 0 Å². The number of para-hydroxylation sites is 2. The lowest BCUT2D eigenvalue weighted by atomic mass is 9.91. The molecule has 0 bridgehead atoms. The van der Waals surface area contributed by atoms with Gasteiger partial charge in [0.2, 0.25) is 5.69 Å². The summed E-state index contributed by atoms with van der Waals surface area (Å²) in [6, 6.07) is 83.0. The number of hydrogen-bond donors (Lipinski definition) is 0. The first-order valence-corrected chi connectivity index (χ1v) is 22.1. The van der Waals surface area contributed by atoms with Gasteiger partial charge in [-0.3, -0.25) is 0 Å². The van der Waals surface area contributed by atoms with Crippen LogP contribution in [0.25, 0.3) is 81.0 Å². The van der Waals surface area contributed by atoms with Gasteiger partial charge in [0.05, 0.1) is 34.9 Å². The van der Waals surface area contributed by atoms with E-state index in [-0.39, 0.29) is 0 Å². The first kappa shape index (κ1) is 38.5. The van der Waals surface area contributed by atoms with Crippen molar-refractivity contribution in [2.24, 2.45) is 0 Å². The van der Waals surface area contributed by atoms with Crippen LogP contribution in [-0.4, -0.2) is 0 Å². The topological polar surface area (TPSA) is 34.6 Å². The van der Waals surface area contributed by atoms with Gasteiger partial charge in [0.25, 0.3) is 0 Å². The van der Waals surface area contributed by atoms with Gasteiger partial charge in [-0.05, 0) is 138 Å². The summed E-state index contributed by atoms with van der Waals surface area (Å²) >= 11 is 0. The third kappa shape index (κ3) is 6.45. The van der Waals surface area contributed by atoms with E-state index in [1.807, 2.05) is 36.4 Å². The molecular formula is C62H38N4. The van der Waals surface area contributed by atoms with Crippen molar-refractivity contribution in [3.05, 3.63) is 248 Å². The molecule has 0 unspecified atom stereocenters. The minimum absolute atomic E-state index is 0.565. The lowest BCUT2D eigenvalue weighted by Crippen LogP contribution is -2.13. The fraction of sp³-hybridized carbons (Fsp3) is 0. The van der Waals surface area contributed by atoms with E-state index in [1.165, 1.54) is 10.8 Å². The molecule has 12 aromatic carbocycles. The van der Waals surface area contributed by atoms with E-state index in [0.29, 0.717) is 11.3 Å². The minimum Gasteiger partial charge on any atom is -0.320 e. The van der Waals surface area contributed by atoms with E-state index in [1.54, 1.807) is 0 Å². The SMILES string of the molecule is [C-]#[N+]c1cc(-c2ccc3ccccc3c2)ccc1N(c1ccccc1)c1cc2ccc(N(c3ccccc3)c3ccc(-c4ccc5ccccc5c4)cc3C#N)c3ccc4cccc1c4c23. The Kier molecular flexibility index (Phi) is 9.23. The van der Waals surface area contributed by atoms with Gasteiger partial charge in [-0.1, -0.05) is 158 Å². The second-order valence-electron chi connectivity index (χ2n) is 16.7. The normalized spacial score (nSPS) is 11.3. The predicted octanol–water partition coefficient (Wildman–Crippen LogP) is 17.6. The quantitative estimate of drug-likeness (QED) is 0.113. The summed E-state index contributed by atoms with van der Waals surface area (Å²) in [4.78, 5) is 8.65. The van der Waals surface area contributed by atoms with Crippen molar-refractivity contribution in [1.29, 1.82) is 5.26 Å². The maximum atomic E-state index is 10.9. The molecule has 4 nitrogen and oxygen atoms in total. The predicted molar refractivity (Wildman–Crippen MR) is 276 cm³/mol. The number of fused-ring (bicyclic) bond motifs is 2. The number of rotatable bonds is 8. The lowest BCUT2D eigenvalue weighted by Gasteiger charge is -2.31. The second kappa shape index (κ2) is 15.8. The third-order valence-corrected chi connectivity index (χ3v) is 13.0. The summed E-state index contributed by atoms with van der Waals surface area (Å²) < 4.78 is 0. The Morgan fingerprint density at radius 2 is 0.818 bits per heavy atom. The minimum atomic E-state index is 0.565. The Hall–Kier alpha value is -9.22. The molecule has 0 aromatic heterocycles. The molecule has 0 saturated carbocycles. The molecule has 4 heteroatoms. The van der Waals surface area contributed by atoms with Gasteiger partial charge in [0.1, 0.15) is 6.07 Å². The summed E-state index contributed by atoms with van der Waals surface area (Å²) in [5, 5.41) is 22.2. The van der Waals surface area contributed by atoms with Gasteiger partial charge >= 0.3 is 0 Å². The van der Waals surface area contributed by atoms with E-state index in [0.717, 1.165) is 99.5 Å².